The summed E-state index contributed by atoms with van der Waals surface area (Å²) in [6.45, 7) is 8.66. The van der Waals surface area contributed by atoms with Crippen molar-refractivity contribution in [2.24, 2.45) is 0 Å². The summed E-state index contributed by atoms with van der Waals surface area (Å²) in [5.41, 5.74) is 3.15. The van der Waals surface area contributed by atoms with Crippen LogP contribution >= 0.6 is 0 Å². The zero-order valence-electron chi connectivity index (χ0n) is 15.0. The average Bonchev–Trinajstić information content (AvgIpc) is 3.00. The molecule has 25 heavy (non-hydrogen) atoms. The molecule has 6 heteroatoms. The minimum atomic E-state index is -0.372. The Labute approximate surface area is 147 Å². The van der Waals surface area contributed by atoms with Gasteiger partial charge in [0, 0.05) is 12.6 Å². The molecule has 132 valence electrons. The highest BCUT2D eigenvalue weighted by Crippen LogP contribution is 2.29. The van der Waals surface area contributed by atoms with Gasteiger partial charge in [0.25, 0.3) is 5.89 Å². The van der Waals surface area contributed by atoms with E-state index in [1.54, 1.807) is 17.9 Å². The minimum absolute atomic E-state index is 0.0724. The summed E-state index contributed by atoms with van der Waals surface area (Å²) in [5.74, 6) is 0.892. The van der Waals surface area contributed by atoms with Crippen LogP contribution in [0.5, 0.6) is 0 Å². The molecule has 1 amide bonds. The molecule has 0 saturated carbocycles. The number of rotatable bonds is 3. The lowest BCUT2D eigenvalue weighted by atomic mass is 10.0. The zero-order valence-corrected chi connectivity index (χ0v) is 15.0. The Morgan fingerprint density at radius 3 is 2.76 bits per heavy atom. The lowest BCUT2D eigenvalue weighted by molar-refractivity contribution is -0.142. The van der Waals surface area contributed by atoms with Crippen molar-refractivity contribution in [3.8, 4) is 0 Å². The number of aryl methyl sites for hydroxylation is 2. The van der Waals surface area contributed by atoms with Crippen LogP contribution in [0, 0.1) is 13.8 Å². The number of morpholine rings is 1. The average molecular weight is 341 g/mol. The molecule has 2 aromatic rings. The van der Waals surface area contributed by atoms with Gasteiger partial charge in [0.1, 0.15) is 6.04 Å². The molecular formula is C19H23N3O3. The zero-order chi connectivity index (χ0) is 18.0. The normalized spacial score (nSPS) is 21.4. The summed E-state index contributed by atoms with van der Waals surface area (Å²) in [7, 11) is 0. The van der Waals surface area contributed by atoms with Gasteiger partial charge < -0.3 is 14.2 Å². The van der Waals surface area contributed by atoms with Crippen LogP contribution in [0.3, 0.4) is 0 Å². The van der Waals surface area contributed by atoms with Crippen molar-refractivity contribution in [3.63, 3.8) is 0 Å². The Hall–Kier alpha value is -2.47. The predicted octanol–water partition coefficient (Wildman–Crippen LogP) is 3.08. The van der Waals surface area contributed by atoms with Gasteiger partial charge in [-0.3, -0.25) is 4.79 Å². The van der Waals surface area contributed by atoms with E-state index in [0.717, 1.165) is 16.7 Å². The quantitative estimate of drug-likeness (QED) is 0.803. The van der Waals surface area contributed by atoms with Crippen molar-refractivity contribution in [2.45, 2.75) is 39.8 Å². The number of hydrogen-bond donors (Lipinski definition) is 0. The van der Waals surface area contributed by atoms with E-state index < -0.39 is 0 Å². The fourth-order valence-electron chi connectivity index (χ4n) is 3.20. The Kier molecular flexibility index (Phi) is 4.99. The topological polar surface area (TPSA) is 68.5 Å². The van der Waals surface area contributed by atoms with Crippen LogP contribution < -0.4 is 0 Å². The van der Waals surface area contributed by atoms with E-state index in [0.29, 0.717) is 24.9 Å². The molecule has 1 saturated heterocycles. The number of carbonyl (C=O) groups excluding carboxylic acids is 1. The lowest BCUT2D eigenvalue weighted by Crippen LogP contribution is -2.46. The number of nitrogens with zero attached hydrogens (tertiary/aromatic N) is 3. The summed E-state index contributed by atoms with van der Waals surface area (Å²) < 4.78 is 11.0. The van der Waals surface area contributed by atoms with Gasteiger partial charge in [0.05, 0.1) is 12.7 Å². The molecule has 6 nitrogen and oxygen atoms in total. The SMILES string of the molecule is C/C(=C\C(=O)N1CCO[C@H](C)[C@H]1c1nc(C)no1)c1ccccc1C. The molecule has 2 heterocycles. The first-order valence-corrected chi connectivity index (χ1v) is 8.44. The van der Waals surface area contributed by atoms with Crippen LogP contribution in [-0.4, -0.2) is 40.2 Å². The second kappa shape index (κ2) is 7.19. The van der Waals surface area contributed by atoms with Gasteiger partial charge >= 0.3 is 0 Å². The molecule has 1 aromatic carbocycles. The summed E-state index contributed by atoms with van der Waals surface area (Å²) in [5, 5.41) is 3.85. The highest BCUT2D eigenvalue weighted by Gasteiger charge is 2.37. The Morgan fingerprint density at radius 1 is 1.32 bits per heavy atom. The summed E-state index contributed by atoms with van der Waals surface area (Å²) >= 11 is 0. The van der Waals surface area contributed by atoms with Crippen LogP contribution in [0.1, 0.15) is 42.7 Å². The van der Waals surface area contributed by atoms with Gasteiger partial charge in [-0.25, -0.2) is 0 Å². The molecule has 1 aliphatic rings. The lowest BCUT2D eigenvalue weighted by Gasteiger charge is -2.37. The molecule has 0 radical (unpaired) electrons. The molecule has 1 aliphatic heterocycles. The molecule has 0 bridgehead atoms. The van der Waals surface area contributed by atoms with Crippen LogP contribution in [0.2, 0.25) is 0 Å². The van der Waals surface area contributed by atoms with E-state index in [9.17, 15) is 4.79 Å². The maximum absolute atomic E-state index is 12.9. The van der Waals surface area contributed by atoms with Crippen LogP contribution in [0.15, 0.2) is 34.9 Å². The second-order valence-corrected chi connectivity index (χ2v) is 6.37. The first-order valence-electron chi connectivity index (χ1n) is 8.44. The van der Waals surface area contributed by atoms with Crippen LogP contribution in [0.4, 0.5) is 0 Å². The van der Waals surface area contributed by atoms with Gasteiger partial charge in [-0.2, -0.15) is 4.98 Å². The highest BCUT2D eigenvalue weighted by atomic mass is 16.5. The monoisotopic (exact) mass is 341 g/mol. The van der Waals surface area contributed by atoms with Crippen molar-refractivity contribution in [1.29, 1.82) is 0 Å². The number of allylic oxidation sites excluding steroid dienone is 1. The summed E-state index contributed by atoms with van der Waals surface area (Å²) in [6, 6.07) is 7.66. The van der Waals surface area contributed by atoms with Gasteiger partial charge in [-0.1, -0.05) is 29.4 Å². The smallest absolute Gasteiger partial charge is 0.252 e. The second-order valence-electron chi connectivity index (χ2n) is 6.37. The van der Waals surface area contributed by atoms with E-state index in [4.69, 9.17) is 9.26 Å². The van der Waals surface area contributed by atoms with Crippen molar-refractivity contribution in [3.05, 3.63) is 53.2 Å². The third-order valence-corrected chi connectivity index (χ3v) is 4.48. The molecular weight excluding hydrogens is 318 g/mol. The fourth-order valence-corrected chi connectivity index (χ4v) is 3.20. The van der Waals surface area contributed by atoms with E-state index in [-0.39, 0.29) is 18.1 Å². The molecule has 1 aromatic heterocycles. The molecule has 0 N–H and O–H groups in total. The van der Waals surface area contributed by atoms with Crippen molar-refractivity contribution < 1.29 is 14.1 Å². The van der Waals surface area contributed by atoms with Crippen molar-refractivity contribution >= 4 is 11.5 Å². The third kappa shape index (κ3) is 3.64. The highest BCUT2D eigenvalue weighted by molar-refractivity contribution is 5.95. The number of carbonyl (C=O) groups is 1. The van der Waals surface area contributed by atoms with E-state index >= 15 is 0 Å². The van der Waals surface area contributed by atoms with Crippen LogP contribution in [0.25, 0.3) is 5.57 Å². The third-order valence-electron chi connectivity index (χ3n) is 4.48. The van der Waals surface area contributed by atoms with Crippen molar-refractivity contribution in [2.75, 3.05) is 13.2 Å². The van der Waals surface area contributed by atoms with Gasteiger partial charge in [0.2, 0.25) is 5.91 Å². The van der Waals surface area contributed by atoms with E-state index in [1.165, 1.54) is 0 Å². The number of hydrogen-bond acceptors (Lipinski definition) is 5. The van der Waals surface area contributed by atoms with Gasteiger partial charge in [-0.15, -0.1) is 0 Å². The standard InChI is InChI=1S/C19H23N3O3/c1-12-7-5-6-8-16(12)13(2)11-17(23)22-9-10-24-14(3)18(22)19-20-15(4)21-25-19/h5-8,11,14,18H,9-10H2,1-4H3/b13-11+/t14-,18+/m1/s1. The molecule has 0 spiro atoms. The van der Waals surface area contributed by atoms with Gasteiger partial charge in [-0.05, 0) is 44.4 Å². The van der Waals surface area contributed by atoms with Crippen molar-refractivity contribution in [1.82, 2.24) is 15.0 Å². The maximum Gasteiger partial charge on any atom is 0.252 e. The largest absolute Gasteiger partial charge is 0.374 e. The maximum atomic E-state index is 12.9. The Balaban J connectivity index is 1.88. The predicted molar refractivity (Wildman–Crippen MR) is 93.7 cm³/mol. The molecule has 0 unspecified atom stereocenters. The molecule has 3 rings (SSSR count). The Morgan fingerprint density at radius 2 is 2.08 bits per heavy atom. The molecule has 2 atom stereocenters. The minimum Gasteiger partial charge on any atom is -0.374 e. The number of benzene rings is 1. The van der Waals surface area contributed by atoms with E-state index in [2.05, 4.69) is 10.1 Å². The molecule has 1 fully saturated rings. The number of aromatic nitrogens is 2. The van der Waals surface area contributed by atoms with E-state index in [1.807, 2.05) is 45.0 Å². The van der Waals surface area contributed by atoms with Gasteiger partial charge in [0.15, 0.2) is 5.82 Å². The van der Waals surface area contributed by atoms with Crippen LogP contribution in [-0.2, 0) is 9.53 Å². The fraction of sp³-hybridized carbons (Fsp3) is 0.421. The summed E-state index contributed by atoms with van der Waals surface area (Å²) in [6.07, 6.45) is 1.47. The number of ether oxygens (including phenoxy) is 1. The molecule has 0 aliphatic carbocycles. The first kappa shape index (κ1) is 17.4. The number of amides is 1. The first-order chi connectivity index (χ1) is 12.0. The summed E-state index contributed by atoms with van der Waals surface area (Å²) in [4.78, 5) is 19.0. The Bertz CT molecular complexity index is 797.